The molecular weight excluding hydrogens is 116 g/mol. The second-order valence-corrected chi connectivity index (χ2v) is 1.03. The van der Waals surface area contributed by atoms with Gasteiger partial charge in [0.1, 0.15) is 0 Å². The van der Waals surface area contributed by atoms with Crippen molar-refractivity contribution in [1.29, 1.82) is 5.26 Å². The third-order valence-corrected chi connectivity index (χ3v) is 0.346. The van der Waals surface area contributed by atoms with Crippen LogP contribution < -0.4 is 0 Å². The van der Waals surface area contributed by atoms with Gasteiger partial charge in [-0.1, -0.05) is 11.8 Å². The van der Waals surface area contributed by atoms with Crippen LogP contribution in [0, 0.1) is 11.5 Å². The fraction of sp³-hybridized carbons (Fsp3) is 0.500. The molecule has 0 fully saturated rings. The van der Waals surface area contributed by atoms with Gasteiger partial charge in [0, 0.05) is 0 Å². The fourth-order valence-corrected chi connectivity index (χ4v) is 0.100. The first-order valence-corrected chi connectivity index (χ1v) is 1.99. The van der Waals surface area contributed by atoms with E-state index in [0.29, 0.717) is 0 Å². The van der Waals surface area contributed by atoms with Crippen molar-refractivity contribution in [3.63, 3.8) is 0 Å². The summed E-state index contributed by atoms with van der Waals surface area (Å²) >= 11 is 0. The number of nitrogens with zero attached hydrogens (tertiary/aromatic N) is 2. The lowest BCUT2D eigenvalue weighted by Gasteiger charge is -1.38. The highest BCUT2D eigenvalue weighted by Crippen LogP contribution is 1.50. The summed E-state index contributed by atoms with van der Waals surface area (Å²) in [5.41, 5.74) is 0. The smallest absolute Gasteiger partial charge is 0.169 e. The average Bonchev–Trinajstić information content (AvgIpc) is 1.35. The maximum Gasteiger partial charge on any atom is 0.326 e. The molecule has 40 valence electrons. The summed E-state index contributed by atoms with van der Waals surface area (Å²) in [6, 6.07) is 0. The number of rotatable bonds is 0. The number of hydrogen-bond acceptors (Lipinski definition) is 4. The van der Waals surface area contributed by atoms with Crippen molar-refractivity contribution in [3.8, 4) is 6.19 Å². The second-order valence-electron chi connectivity index (χ2n) is 0.408. The average molecular weight is 120 g/mol. The van der Waals surface area contributed by atoms with Crippen molar-refractivity contribution in [3.05, 3.63) is 0 Å². The van der Waals surface area contributed by atoms with Gasteiger partial charge < -0.3 is 0 Å². The molecule has 0 aliphatic rings. The van der Waals surface area contributed by atoms with Crippen LogP contribution in [-0.4, -0.2) is 8.42 Å². The first kappa shape index (κ1) is 9.44. The van der Waals surface area contributed by atoms with E-state index in [-0.39, 0.29) is 7.43 Å². The third kappa shape index (κ3) is 11.1. The summed E-state index contributed by atoms with van der Waals surface area (Å²) in [6.07, 6.45) is 1.08. The molecule has 0 saturated heterocycles. The molecule has 0 spiro atoms. The maximum atomic E-state index is 9.21. The van der Waals surface area contributed by atoms with Crippen LogP contribution in [0.4, 0.5) is 0 Å². The van der Waals surface area contributed by atoms with Crippen LogP contribution in [0.15, 0.2) is 4.36 Å². The molecule has 0 radical (unpaired) electrons. The van der Waals surface area contributed by atoms with Crippen LogP contribution in [0.25, 0.3) is 0 Å². The van der Waals surface area contributed by atoms with Gasteiger partial charge in [-0.25, -0.2) is 0 Å². The van der Waals surface area contributed by atoms with Crippen molar-refractivity contribution in [2.45, 2.75) is 7.43 Å². The van der Waals surface area contributed by atoms with Crippen molar-refractivity contribution in [1.82, 2.24) is 0 Å². The van der Waals surface area contributed by atoms with E-state index in [4.69, 9.17) is 5.26 Å². The van der Waals surface area contributed by atoms with Crippen molar-refractivity contribution in [2.24, 2.45) is 4.36 Å². The molecule has 0 aromatic carbocycles. The molecule has 0 heterocycles. The topological polar surface area (TPSA) is 70.3 Å². The Morgan fingerprint density at radius 3 is 2.00 bits per heavy atom. The number of nitriles is 1. The van der Waals surface area contributed by atoms with Crippen molar-refractivity contribution in [2.75, 3.05) is 0 Å². The van der Waals surface area contributed by atoms with Gasteiger partial charge in [0.2, 0.25) is 6.19 Å². The highest BCUT2D eigenvalue weighted by atomic mass is 32.2. The number of hydrogen-bond donors (Lipinski definition) is 0. The van der Waals surface area contributed by atoms with Crippen LogP contribution in [0.3, 0.4) is 0 Å². The predicted octanol–water partition coefficient (Wildman–Crippen LogP) is 0.166. The highest BCUT2D eigenvalue weighted by Gasteiger charge is 1.57. The zero-order valence-corrected chi connectivity index (χ0v) is 3.44. The van der Waals surface area contributed by atoms with E-state index in [2.05, 4.69) is 4.36 Å². The van der Waals surface area contributed by atoms with E-state index in [1.165, 1.54) is 0 Å². The fourth-order valence-electron chi connectivity index (χ4n) is 0.0333. The molecule has 0 unspecified atom stereocenters. The molecule has 0 aliphatic heterocycles. The Bertz CT molecular complexity index is 176. The van der Waals surface area contributed by atoms with Crippen LogP contribution in [-0.2, 0) is 10.5 Å². The monoisotopic (exact) mass is 120 g/mol. The van der Waals surface area contributed by atoms with Crippen LogP contribution >= 0.6 is 0 Å². The zero-order chi connectivity index (χ0) is 4.99. The third-order valence-electron chi connectivity index (χ3n) is 0.115. The maximum absolute atomic E-state index is 9.21. The molecule has 0 amide bonds. The van der Waals surface area contributed by atoms with Crippen LogP contribution in [0.5, 0.6) is 0 Å². The molecule has 0 aromatic rings. The molecule has 7 heavy (non-hydrogen) atoms. The van der Waals surface area contributed by atoms with Crippen molar-refractivity contribution >= 4 is 10.5 Å². The van der Waals surface area contributed by atoms with E-state index < -0.39 is 10.5 Å². The lowest BCUT2D eigenvalue weighted by atomic mass is 11.5. The van der Waals surface area contributed by atoms with Gasteiger partial charge in [-0.15, -0.1) is 0 Å². The first-order chi connectivity index (χ1) is 2.77. The second kappa shape index (κ2) is 5.11. The summed E-state index contributed by atoms with van der Waals surface area (Å²) in [5.74, 6) is 0. The van der Waals surface area contributed by atoms with Gasteiger partial charge >= 0.3 is 10.5 Å². The Hall–Kier alpha value is -0.890. The summed E-state index contributed by atoms with van der Waals surface area (Å²) in [4.78, 5) is 0. The Balaban J connectivity index is 0. The largest absolute Gasteiger partial charge is 0.326 e. The molecule has 0 aromatic heterocycles. The Labute approximate surface area is 43.1 Å². The van der Waals surface area contributed by atoms with Gasteiger partial charge in [-0.2, -0.15) is 13.7 Å². The van der Waals surface area contributed by atoms with Gasteiger partial charge in [-0.3, -0.25) is 0 Å². The molecule has 0 rings (SSSR count). The minimum atomic E-state index is -2.55. The molecule has 0 aliphatic carbocycles. The van der Waals surface area contributed by atoms with Crippen LogP contribution in [0.1, 0.15) is 7.43 Å². The van der Waals surface area contributed by atoms with E-state index >= 15 is 0 Å². The van der Waals surface area contributed by atoms with E-state index in [9.17, 15) is 8.42 Å². The summed E-state index contributed by atoms with van der Waals surface area (Å²) < 4.78 is 20.8. The molecule has 4 nitrogen and oxygen atoms in total. The van der Waals surface area contributed by atoms with Gasteiger partial charge in [0.25, 0.3) is 0 Å². The summed E-state index contributed by atoms with van der Waals surface area (Å²) in [7, 11) is -2.55. The van der Waals surface area contributed by atoms with Crippen LogP contribution in [0.2, 0.25) is 0 Å². The Morgan fingerprint density at radius 2 is 2.00 bits per heavy atom. The normalized spacial score (nSPS) is 5.00. The lowest BCUT2D eigenvalue weighted by Crippen LogP contribution is -1.47. The molecular formula is C2H4N2O2S. The molecule has 5 heteroatoms. The van der Waals surface area contributed by atoms with E-state index in [1.54, 1.807) is 0 Å². The summed E-state index contributed by atoms with van der Waals surface area (Å²) in [5, 5.41) is 7.43. The minimum Gasteiger partial charge on any atom is -0.169 e. The van der Waals surface area contributed by atoms with Gasteiger partial charge in [0.15, 0.2) is 0 Å². The van der Waals surface area contributed by atoms with E-state index in [0.717, 1.165) is 6.19 Å². The molecule has 0 bridgehead atoms. The van der Waals surface area contributed by atoms with Gasteiger partial charge in [-0.05, 0) is 0 Å². The standard InChI is InChI=1S/CN2O2S.CH4/c2-1-3-6(4)5;/h;1H4. The lowest BCUT2D eigenvalue weighted by molar-refractivity contribution is 0.622. The van der Waals surface area contributed by atoms with Crippen molar-refractivity contribution < 1.29 is 8.42 Å². The zero-order valence-electron chi connectivity index (χ0n) is 2.62. The van der Waals surface area contributed by atoms with Gasteiger partial charge in [0.05, 0.1) is 0 Å². The highest BCUT2D eigenvalue weighted by molar-refractivity contribution is 7.61. The summed E-state index contributed by atoms with van der Waals surface area (Å²) in [6.45, 7) is 0. The molecule has 0 saturated carbocycles. The first-order valence-electron chi connectivity index (χ1n) is 0.963. The van der Waals surface area contributed by atoms with E-state index in [1.807, 2.05) is 0 Å². The SMILES string of the molecule is C.N#CN=S(=O)=O. The predicted molar refractivity (Wildman–Crippen MR) is 23.7 cm³/mol. The molecule has 0 N–H and O–H groups in total. The Morgan fingerprint density at radius 1 is 1.57 bits per heavy atom. The Kier molecular flexibility index (Phi) is 6.89. The quantitative estimate of drug-likeness (QED) is 0.428. The minimum absolute atomic E-state index is 0. The molecule has 0 atom stereocenters.